The Balaban J connectivity index is 2.73. The first kappa shape index (κ1) is 10.0. The van der Waals surface area contributed by atoms with Crippen LogP contribution in [0.4, 0.5) is 0 Å². The van der Waals surface area contributed by atoms with Crippen molar-refractivity contribution >= 4 is 6.08 Å². The standard InChI is InChI=1S/C12H17N/c1-3-11(10-13-2)9-12-7-5-4-6-8-12/h4-9,13H,3,10H2,1-2H3. The largest absolute Gasteiger partial charge is 0.316 e. The molecule has 0 unspecified atom stereocenters. The molecule has 0 atom stereocenters. The quantitative estimate of drug-likeness (QED) is 0.742. The van der Waals surface area contributed by atoms with E-state index in [0.717, 1.165) is 13.0 Å². The molecule has 0 heterocycles. The Morgan fingerprint density at radius 3 is 2.54 bits per heavy atom. The highest BCUT2D eigenvalue weighted by atomic mass is 14.8. The molecule has 0 bridgehead atoms. The molecule has 0 saturated heterocycles. The van der Waals surface area contributed by atoms with E-state index in [-0.39, 0.29) is 0 Å². The monoisotopic (exact) mass is 175 g/mol. The van der Waals surface area contributed by atoms with Gasteiger partial charge in [-0.05, 0) is 19.0 Å². The van der Waals surface area contributed by atoms with Gasteiger partial charge in [-0.1, -0.05) is 48.9 Å². The van der Waals surface area contributed by atoms with Crippen LogP contribution in [0.25, 0.3) is 6.08 Å². The normalized spacial score (nSPS) is 11.7. The van der Waals surface area contributed by atoms with Crippen LogP contribution in [0.1, 0.15) is 18.9 Å². The number of hydrogen-bond donors (Lipinski definition) is 1. The summed E-state index contributed by atoms with van der Waals surface area (Å²) in [7, 11) is 1.98. The van der Waals surface area contributed by atoms with E-state index >= 15 is 0 Å². The Bertz CT molecular complexity index is 262. The topological polar surface area (TPSA) is 12.0 Å². The second-order valence-corrected chi connectivity index (χ2v) is 3.10. The summed E-state index contributed by atoms with van der Waals surface area (Å²) >= 11 is 0. The number of rotatable bonds is 4. The van der Waals surface area contributed by atoms with Crippen LogP contribution in [0.15, 0.2) is 35.9 Å². The number of hydrogen-bond acceptors (Lipinski definition) is 1. The van der Waals surface area contributed by atoms with Crippen molar-refractivity contribution in [3.05, 3.63) is 41.5 Å². The lowest BCUT2D eigenvalue weighted by Crippen LogP contribution is -2.09. The summed E-state index contributed by atoms with van der Waals surface area (Å²) in [6, 6.07) is 10.4. The molecule has 0 aliphatic carbocycles. The van der Waals surface area contributed by atoms with E-state index in [2.05, 4.69) is 42.6 Å². The van der Waals surface area contributed by atoms with E-state index in [1.807, 2.05) is 13.1 Å². The molecule has 1 heteroatoms. The zero-order valence-electron chi connectivity index (χ0n) is 8.38. The summed E-state index contributed by atoms with van der Waals surface area (Å²) in [5.41, 5.74) is 2.73. The molecule has 1 aromatic carbocycles. The summed E-state index contributed by atoms with van der Waals surface area (Å²) in [5.74, 6) is 0. The third-order valence-corrected chi connectivity index (χ3v) is 2.03. The molecule has 1 nitrogen and oxygen atoms in total. The molecule has 0 aromatic heterocycles. The fraction of sp³-hybridized carbons (Fsp3) is 0.333. The van der Waals surface area contributed by atoms with Crippen LogP contribution < -0.4 is 5.32 Å². The van der Waals surface area contributed by atoms with Gasteiger partial charge in [-0.2, -0.15) is 0 Å². The second kappa shape index (κ2) is 5.55. The third-order valence-electron chi connectivity index (χ3n) is 2.03. The van der Waals surface area contributed by atoms with Gasteiger partial charge in [0.15, 0.2) is 0 Å². The molecule has 1 aromatic rings. The van der Waals surface area contributed by atoms with Crippen molar-refractivity contribution in [3.63, 3.8) is 0 Å². The van der Waals surface area contributed by atoms with E-state index in [4.69, 9.17) is 0 Å². The van der Waals surface area contributed by atoms with Crippen molar-refractivity contribution in [1.29, 1.82) is 0 Å². The van der Waals surface area contributed by atoms with E-state index in [0.29, 0.717) is 0 Å². The van der Waals surface area contributed by atoms with Gasteiger partial charge in [-0.3, -0.25) is 0 Å². The SMILES string of the molecule is CCC(=Cc1ccccc1)CNC. The van der Waals surface area contributed by atoms with Crippen LogP contribution in [-0.4, -0.2) is 13.6 Å². The lowest BCUT2D eigenvalue weighted by atomic mass is 10.1. The minimum Gasteiger partial charge on any atom is -0.316 e. The third kappa shape index (κ3) is 3.43. The van der Waals surface area contributed by atoms with Crippen LogP contribution >= 0.6 is 0 Å². The van der Waals surface area contributed by atoms with Gasteiger partial charge < -0.3 is 5.32 Å². The Morgan fingerprint density at radius 1 is 1.31 bits per heavy atom. The predicted octanol–water partition coefficient (Wildman–Crippen LogP) is 2.70. The summed E-state index contributed by atoms with van der Waals surface area (Å²) in [6.07, 6.45) is 3.35. The summed E-state index contributed by atoms with van der Waals surface area (Å²) in [5, 5.41) is 3.17. The Kier molecular flexibility index (Phi) is 4.27. The van der Waals surface area contributed by atoms with Gasteiger partial charge >= 0.3 is 0 Å². The fourth-order valence-corrected chi connectivity index (χ4v) is 1.29. The van der Waals surface area contributed by atoms with E-state index in [1.54, 1.807) is 0 Å². The van der Waals surface area contributed by atoms with Gasteiger partial charge in [0.1, 0.15) is 0 Å². The van der Waals surface area contributed by atoms with Crippen LogP contribution in [0.5, 0.6) is 0 Å². The molecule has 0 radical (unpaired) electrons. The molecule has 0 aliphatic heterocycles. The molecule has 13 heavy (non-hydrogen) atoms. The minimum absolute atomic E-state index is 0.978. The Morgan fingerprint density at radius 2 is 2.00 bits per heavy atom. The first-order valence-electron chi connectivity index (χ1n) is 4.76. The molecular formula is C12H17N. The molecule has 1 N–H and O–H groups in total. The van der Waals surface area contributed by atoms with E-state index < -0.39 is 0 Å². The van der Waals surface area contributed by atoms with Gasteiger partial charge in [0.05, 0.1) is 0 Å². The highest BCUT2D eigenvalue weighted by Gasteiger charge is 1.92. The first-order chi connectivity index (χ1) is 6.36. The van der Waals surface area contributed by atoms with Crippen molar-refractivity contribution in [2.24, 2.45) is 0 Å². The molecule has 0 spiro atoms. The minimum atomic E-state index is 0.978. The maximum atomic E-state index is 3.17. The predicted molar refractivity (Wildman–Crippen MR) is 58.6 cm³/mol. The molecule has 0 aliphatic rings. The number of likely N-dealkylation sites (N-methyl/N-ethyl adjacent to an activating group) is 1. The highest BCUT2D eigenvalue weighted by molar-refractivity contribution is 5.52. The zero-order chi connectivity index (χ0) is 9.52. The fourth-order valence-electron chi connectivity index (χ4n) is 1.29. The molecule has 0 fully saturated rings. The van der Waals surface area contributed by atoms with Gasteiger partial charge in [0, 0.05) is 6.54 Å². The number of benzene rings is 1. The zero-order valence-corrected chi connectivity index (χ0v) is 8.38. The molecule has 0 amide bonds. The van der Waals surface area contributed by atoms with Crippen LogP contribution in [0.2, 0.25) is 0 Å². The average Bonchev–Trinajstić information content (AvgIpc) is 2.19. The smallest absolute Gasteiger partial charge is 0.0164 e. The maximum Gasteiger partial charge on any atom is 0.0164 e. The van der Waals surface area contributed by atoms with Crippen molar-refractivity contribution < 1.29 is 0 Å². The Hall–Kier alpha value is -1.08. The van der Waals surface area contributed by atoms with Crippen molar-refractivity contribution in [2.45, 2.75) is 13.3 Å². The lowest BCUT2D eigenvalue weighted by Gasteiger charge is -2.03. The van der Waals surface area contributed by atoms with Crippen molar-refractivity contribution in [1.82, 2.24) is 5.32 Å². The summed E-state index contributed by atoms with van der Waals surface area (Å²) < 4.78 is 0. The molecule has 1 rings (SSSR count). The first-order valence-corrected chi connectivity index (χ1v) is 4.76. The van der Waals surface area contributed by atoms with Crippen LogP contribution in [0.3, 0.4) is 0 Å². The number of nitrogens with one attached hydrogen (secondary N) is 1. The van der Waals surface area contributed by atoms with Crippen molar-refractivity contribution in [3.8, 4) is 0 Å². The Labute approximate surface area is 80.5 Å². The van der Waals surface area contributed by atoms with Gasteiger partial charge in [0.2, 0.25) is 0 Å². The van der Waals surface area contributed by atoms with Crippen LogP contribution in [-0.2, 0) is 0 Å². The average molecular weight is 175 g/mol. The molecule has 0 saturated carbocycles. The van der Waals surface area contributed by atoms with Gasteiger partial charge in [-0.25, -0.2) is 0 Å². The highest BCUT2D eigenvalue weighted by Crippen LogP contribution is 2.08. The molecule has 70 valence electrons. The van der Waals surface area contributed by atoms with Crippen LogP contribution in [0, 0.1) is 0 Å². The van der Waals surface area contributed by atoms with Gasteiger partial charge in [0.25, 0.3) is 0 Å². The summed E-state index contributed by atoms with van der Waals surface area (Å²) in [4.78, 5) is 0. The second-order valence-electron chi connectivity index (χ2n) is 3.10. The van der Waals surface area contributed by atoms with Crippen molar-refractivity contribution in [2.75, 3.05) is 13.6 Å². The van der Waals surface area contributed by atoms with E-state index in [1.165, 1.54) is 11.1 Å². The summed E-state index contributed by atoms with van der Waals surface area (Å²) in [6.45, 7) is 3.16. The lowest BCUT2D eigenvalue weighted by molar-refractivity contribution is 0.851. The van der Waals surface area contributed by atoms with Gasteiger partial charge in [-0.15, -0.1) is 0 Å². The molecular weight excluding hydrogens is 158 g/mol. The maximum absolute atomic E-state index is 3.17. The van der Waals surface area contributed by atoms with E-state index in [9.17, 15) is 0 Å².